The fraction of sp³-hybridized carbons (Fsp3) is 0.300. The van der Waals surface area contributed by atoms with Crippen LogP contribution in [0.15, 0.2) is 47.6 Å². The van der Waals surface area contributed by atoms with Gasteiger partial charge in [0.25, 0.3) is 5.91 Å². The van der Waals surface area contributed by atoms with Gasteiger partial charge < -0.3 is 19.6 Å². The van der Waals surface area contributed by atoms with Gasteiger partial charge in [0.15, 0.2) is 11.6 Å². The monoisotopic (exact) mass is 409 g/mol. The first-order valence-corrected chi connectivity index (χ1v) is 9.48. The molecule has 0 bridgehead atoms. The number of carbonyl (C=O) groups excluding carboxylic acids is 1. The number of aromatic carboxylic acids is 1. The number of pyridine rings is 1. The molecular weight excluding hydrogens is 390 g/mol. The molecule has 154 valence electrons. The van der Waals surface area contributed by atoms with E-state index in [4.69, 9.17) is 9.15 Å². The number of aromatic nitrogens is 4. The van der Waals surface area contributed by atoms with E-state index in [1.54, 1.807) is 18.5 Å². The molecule has 1 amide bonds. The van der Waals surface area contributed by atoms with Crippen LogP contribution in [0.4, 0.5) is 5.69 Å². The number of oxazole rings is 1. The average Bonchev–Trinajstić information content (AvgIpc) is 3.26. The molecule has 1 aliphatic rings. The molecule has 10 heteroatoms. The lowest BCUT2D eigenvalue weighted by Gasteiger charge is -2.26. The molecule has 0 atom stereocenters. The fourth-order valence-electron chi connectivity index (χ4n) is 3.36. The molecule has 0 spiro atoms. The summed E-state index contributed by atoms with van der Waals surface area (Å²) in [5, 5.41) is 11.7. The van der Waals surface area contributed by atoms with Gasteiger partial charge in [-0.05, 0) is 37.8 Å². The van der Waals surface area contributed by atoms with E-state index < -0.39 is 11.9 Å². The van der Waals surface area contributed by atoms with Gasteiger partial charge in [0.1, 0.15) is 17.9 Å². The average molecular weight is 409 g/mol. The molecule has 1 fully saturated rings. The molecule has 4 rings (SSSR count). The van der Waals surface area contributed by atoms with Crippen molar-refractivity contribution in [3.8, 4) is 6.01 Å². The Kier molecular flexibility index (Phi) is 5.64. The Hall–Kier alpha value is -3.82. The van der Waals surface area contributed by atoms with Gasteiger partial charge in [-0.1, -0.05) is 0 Å². The maximum absolute atomic E-state index is 12.5. The number of hydrogen-bond donors (Lipinski definition) is 2. The lowest BCUT2D eigenvalue weighted by Crippen LogP contribution is -2.24. The number of anilines is 1. The molecule has 30 heavy (non-hydrogen) atoms. The third-order valence-electron chi connectivity index (χ3n) is 4.89. The fourth-order valence-corrected chi connectivity index (χ4v) is 3.36. The van der Waals surface area contributed by atoms with Crippen LogP contribution in [0, 0.1) is 0 Å². The van der Waals surface area contributed by atoms with Crippen LogP contribution in [0.5, 0.6) is 6.01 Å². The minimum atomic E-state index is -1.18. The molecule has 3 aromatic heterocycles. The summed E-state index contributed by atoms with van der Waals surface area (Å²) in [4.78, 5) is 39.9. The van der Waals surface area contributed by atoms with Crippen molar-refractivity contribution in [3.63, 3.8) is 0 Å². The van der Waals surface area contributed by atoms with Crippen LogP contribution < -0.4 is 10.1 Å². The van der Waals surface area contributed by atoms with E-state index in [2.05, 4.69) is 25.3 Å². The number of hydrogen-bond acceptors (Lipinski definition) is 8. The van der Waals surface area contributed by atoms with Crippen LogP contribution in [0.3, 0.4) is 0 Å². The maximum Gasteiger partial charge on any atom is 0.339 e. The zero-order chi connectivity index (χ0) is 20.9. The van der Waals surface area contributed by atoms with Crippen LogP contribution in [0.1, 0.15) is 58.3 Å². The molecule has 1 aliphatic carbocycles. The first-order valence-electron chi connectivity index (χ1n) is 9.48. The second-order valence-electron chi connectivity index (χ2n) is 6.87. The lowest BCUT2D eigenvalue weighted by molar-refractivity contribution is 0.0697. The van der Waals surface area contributed by atoms with Gasteiger partial charge in [0, 0.05) is 30.7 Å². The minimum absolute atomic E-state index is 0.0301. The van der Waals surface area contributed by atoms with E-state index in [9.17, 15) is 14.7 Å². The molecule has 1 saturated carbocycles. The SMILES string of the molecule is O=C(Nc1ccncc1C(=O)O)c1coc(C2CCC(Oc3ncccn3)CC2)n1. The highest BCUT2D eigenvalue weighted by Gasteiger charge is 2.28. The van der Waals surface area contributed by atoms with Crippen molar-refractivity contribution in [1.29, 1.82) is 0 Å². The largest absolute Gasteiger partial charge is 0.478 e. The number of carbonyl (C=O) groups is 2. The lowest BCUT2D eigenvalue weighted by atomic mass is 9.87. The Morgan fingerprint density at radius 2 is 1.90 bits per heavy atom. The van der Waals surface area contributed by atoms with Gasteiger partial charge in [-0.25, -0.2) is 19.7 Å². The Morgan fingerprint density at radius 3 is 2.63 bits per heavy atom. The molecule has 0 unspecified atom stereocenters. The summed E-state index contributed by atoms with van der Waals surface area (Å²) in [6.45, 7) is 0. The van der Waals surface area contributed by atoms with Gasteiger partial charge in [-0.2, -0.15) is 0 Å². The topological polar surface area (TPSA) is 140 Å². The van der Waals surface area contributed by atoms with Crippen molar-refractivity contribution >= 4 is 17.6 Å². The van der Waals surface area contributed by atoms with Crippen LogP contribution in [0.25, 0.3) is 0 Å². The maximum atomic E-state index is 12.5. The smallest absolute Gasteiger partial charge is 0.339 e. The minimum Gasteiger partial charge on any atom is -0.478 e. The molecule has 3 heterocycles. The van der Waals surface area contributed by atoms with E-state index in [0.717, 1.165) is 25.7 Å². The van der Waals surface area contributed by atoms with Crippen molar-refractivity contribution in [2.24, 2.45) is 0 Å². The van der Waals surface area contributed by atoms with E-state index >= 15 is 0 Å². The molecule has 3 aromatic rings. The summed E-state index contributed by atoms with van der Waals surface area (Å²) in [6, 6.07) is 3.52. The summed E-state index contributed by atoms with van der Waals surface area (Å²) in [5.41, 5.74) is 0.136. The first-order chi connectivity index (χ1) is 14.6. The summed E-state index contributed by atoms with van der Waals surface area (Å²) >= 11 is 0. The first kappa shape index (κ1) is 19.5. The van der Waals surface area contributed by atoms with Crippen molar-refractivity contribution < 1.29 is 23.8 Å². The van der Waals surface area contributed by atoms with Gasteiger partial charge in [-0.3, -0.25) is 9.78 Å². The Labute approximate surface area is 171 Å². The second kappa shape index (κ2) is 8.68. The highest BCUT2D eigenvalue weighted by atomic mass is 16.5. The van der Waals surface area contributed by atoms with E-state index in [0.29, 0.717) is 11.9 Å². The van der Waals surface area contributed by atoms with Crippen LogP contribution in [-0.4, -0.2) is 43.0 Å². The van der Waals surface area contributed by atoms with Crippen molar-refractivity contribution in [3.05, 3.63) is 60.3 Å². The molecule has 0 radical (unpaired) electrons. The van der Waals surface area contributed by atoms with Crippen molar-refractivity contribution in [1.82, 2.24) is 19.9 Å². The number of rotatable bonds is 6. The number of nitrogens with zero attached hydrogens (tertiary/aromatic N) is 4. The quantitative estimate of drug-likeness (QED) is 0.628. The molecule has 0 aromatic carbocycles. The van der Waals surface area contributed by atoms with Gasteiger partial charge in [-0.15, -0.1) is 0 Å². The number of carboxylic acid groups (broad SMARTS) is 1. The number of amides is 1. The number of nitrogens with one attached hydrogen (secondary N) is 1. The molecule has 2 N–H and O–H groups in total. The predicted octanol–water partition coefficient (Wildman–Crippen LogP) is 2.92. The Morgan fingerprint density at radius 1 is 1.13 bits per heavy atom. The van der Waals surface area contributed by atoms with E-state index in [-0.39, 0.29) is 29.0 Å². The van der Waals surface area contributed by atoms with Gasteiger partial charge in [0.05, 0.1) is 5.69 Å². The molecule has 10 nitrogen and oxygen atoms in total. The van der Waals surface area contributed by atoms with Crippen LogP contribution >= 0.6 is 0 Å². The number of carboxylic acids is 1. The van der Waals surface area contributed by atoms with Gasteiger partial charge in [0.2, 0.25) is 0 Å². The van der Waals surface area contributed by atoms with Crippen LogP contribution in [0.2, 0.25) is 0 Å². The highest BCUT2D eigenvalue weighted by Crippen LogP contribution is 2.33. The normalized spacial score (nSPS) is 18.5. The Bertz CT molecular complexity index is 1030. The van der Waals surface area contributed by atoms with Crippen LogP contribution in [-0.2, 0) is 0 Å². The summed E-state index contributed by atoms with van der Waals surface area (Å²) in [6.07, 6.45) is 10.4. The molecule has 0 saturated heterocycles. The zero-order valence-corrected chi connectivity index (χ0v) is 15.9. The van der Waals surface area contributed by atoms with Gasteiger partial charge >= 0.3 is 12.0 Å². The summed E-state index contributed by atoms with van der Waals surface area (Å²) < 4.78 is 11.3. The predicted molar refractivity (Wildman–Crippen MR) is 103 cm³/mol. The van der Waals surface area contributed by atoms with Crippen molar-refractivity contribution in [2.45, 2.75) is 37.7 Å². The molecular formula is C20H19N5O5. The highest BCUT2D eigenvalue weighted by molar-refractivity contribution is 6.06. The zero-order valence-electron chi connectivity index (χ0n) is 15.9. The second-order valence-corrected chi connectivity index (χ2v) is 6.87. The van der Waals surface area contributed by atoms with Crippen molar-refractivity contribution in [2.75, 3.05) is 5.32 Å². The third kappa shape index (κ3) is 4.43. The van der Waals surface area contributed by atoms with E-state index in [1.165, 1.54) is 24.7 Å². The molecule has 0 aliphatic heterocycles. The van der Waals surface area contributed by atoms with E-state index in [1.807, 2.05) is 0 Å². The summed E-state index contributed by atoms with van der Waals surface area (Å²) in [5.74, 6) is -1.16. The summed E-state index contributed by atoms with van der Waals surface area (Å²) in [7, 11) is 0. The standard InChI is InChI=1S/C20H19N5O5/c26-17(24-15-6-9-21-10-14(15)19(27)28)16-11-29-18(25-16)12-2-4-13(5-3-12)30-20-22-7-1-8-23-20/h1,6-13H,2-5H2,(H,27,28)(H,21,24,26). The Balaban J connectivity index is 1.35. The number of ether oxygens (including phenoxy) is 1. The third-order valence-corrected chi connectivity index (χ3v) is 4.89.